The van der Waals surface area contributed by atoms with E-state index in [1.807, 2.05) is 20.8 Å². The molecule has 0 saturated carbocycles. The molecule has 1 aromatic rings. The van der Waals surface area contributed by atoms with Crippen LogP contribution in [-0.4, -0.2) is 8.07 Å². The van der Waals surface area contributed by atoms with Crippen molar-refractivity contribution in [2.75, 3.05) is 0 Å². The van der Waals surface area contributed by atoms with Crippen LogP contribution in [0.15, 0.2) is 15.0 Å². The maximum atomic E-state index is 14.2. The number of hydrogen-bond acceptors (Lipinski definition) is 0. The first-order valence-corrected chi connectivity index (χ1v) is 9.97. The molecular weight excluding hydrogens is 370 g/mol. The highest BCUT2D eigenvalue weighted by Gasteiger charge is 2.36. The predicted octanol–water partition coefficient (Wildman–Crippen LogP) is 5.21. The number of hydrogen-bond donors (Lipinski definition) is 0. The minimum atomic E-state index is -2.06. The van der Waals surface area contributed by atoms with Gasteiger partial charge in [0.25, 0.3) is 0 Å². The van der Waals surface area contributed by atoms with E-state index < -0.39 is 19.7 Å². The Morgan fingerprint density at radius 3 is 1.59 bits per heavy atom. The van der Waals surface area contributed by atoms with E-state index in [0.29, 0.717) is 14.1 Å². The quantitative estimate of drug-likeness (QED) is 0.493. The molecule has 0 nitrogen and oxygen atoms in total. The lowest BCUT2D eigenvalue weighted by Crippen LogP contribution is -2.49. The molecule has 0 aliphatic heterocycles. The highest BCUT2D eigenvalue weighted by Crippen LogP contribution is 2.29. The van der Waals surface area contributed by atoms with Crippen LogP contribution in [0.3, 0.4) is 0 Å². The van der Waals surface area contributed by atoms with Crippen LogP contribution in [0.5, 0.6) is 0 Å². The number of benzene rings is 1. The van der Waals surface area contributed by atoms with E-state index in [4.69, 9.17) is 0 Å². The van der Waals surface area contributed by atoms with Crippen LogP contribution in [-0.2, 0) is 0 Å². The van der Waals surface area contributed by atoms with Crippen molar-refractivity contribution in [3.63, 3.8) is 0 Å². The molecule has 96 valence electrons. The van der Waals surface area contributed by atoms with Crippen LogP contribution in [0.1, 0.15) is 20.8 Å². The molecule has 0 atom stereocenters. The summed E-state index contributed by atoms with van der Waals surface area (Å²) in [5, 5.41) is 0.339. The molecule has 0 amide bonds. The Morgan fingerprint density at radius 2 is 1.29 bits per heavy atom. The molecule has 0 heterocycles. The Hall–Kier alpha value is 0.257. The van der Waals surface area contributed by atoms with Crippen LogP contribution in [0.2, 0.25) is 18.1 Å². The molecule has 0 bridgehead atoms. The first-order chi connectivity index (χ1) is 7.93. The molecule has 1 rings (SSSR count). The summed E-state index contributed by atoms with van der Waals surface area (Å²) in [6.07, 6.45) is 0. The van der Waals surface area contributed by atoms with E-state index in [1.165, 1.54) is 6.07 Å². The summed E-state index contributed by atoms with van der Waals surface area (Å²) in [6, 6.07) is 4.01. The van der Waals surface area contributed by atoms with Crippen LogP contribution in [0, 0.1) is 11.6 Å². The summed E-state index contributed by atoms with van der Waals surface area (Å²) in [7, 11) is -2.06. The van der Waals surface area contributed by atoms with Crippen LogP contribution in [0.25, 0.3) is 0 Å². The fourth-order valence-electron chi connectivity index (χ4n) is 2.32. The van der Waals surface area contributed by atoms with Crippen LogP contribution < -0.4 is 5.19 Å². The summed E-state index contributed by atoms with van der Waals surface area (Å²) < 4.78 is 29.1. The normalized spacial score (nSPS) is 11.9. The Labute approximate surface area is 119 Å². The van der Waals surface area contributed by atoms with Gasteiger partial charge in [-0.25, -0.2) is 8.78 Å². The van der Waals surface area contributed by atoms with E-state index in [-0.39, 0.29) is 0 Å². The minimum Gasteiger partial charge on any atom is -0.206 e. The van der Waals surface area contributed by atoms with Crippen molar-refractivity contribution in [2.45, 2.75) is 38.9 Å². The summed E-state index contributed by atoms with van der Waals surface area (Å²) in [6.45, 7) is 6.10. The van der Waals surface area contributed by atoms with Crippen molar-refractivity contribution >= 4 is 45.1 Å². The predicted molar refractivity (Wildman–Crippen MR) is 78.6 cm³/mol. The maximum absolute atomic E-state index is 14.2. The first-order valence-electron chi connectivity index (χ1n) is 5.77. The average Bonchev–Trinajstić information content (AvgIpc) is 2.33. The zero-order valence-electron chi connectivity index (χ0n) is 10.2. The van der Waals surface area contributed by atoms with Crippen molar-refractivity contribution in [1.82, 2.24) is 0 Å². The Morgan fingerprint density at radius 1 is 0.941 bits per heavy atom. The first kappa shape index (κ1) is 15.3. The van der Waals surface area contributed by atoms with Gasteiger partial charge in [0.2, 0.25) is 0 Å². The van der Waals surface area contributed by atoms with E-state index in [1.54, 1.807) is 0 Å². The second kappa shape index (κ2) is 5.93. The van der Waals surface area contributed by atoms with Crippen LogP contribution in [0.4, 0.5) is 8.78 Å². The SMILES string of the molecule is CC[Si](CC)(CC)c1c(F)c(Br)cc(Br)c1F. The molecule has 5 heteroatoms. The Balaban J connectivity index is 3.58. The molecule has 0 unspecified atom stereocenters. The highest BCUT2D eigenvalue weighted by atomic mass is 79.9. The van der Waals surface area contributed by atoms with E-state index in [9.17, 15) is 8.78 Å². The fourth-order valence-corrected chi connectivity index (χ4v) is 7.61. The summed E-state index contributed by atoms with van der Waals surface area (Å²) in [5.74, 6) is -0.828. The molecule has 0 saturated heterocycles. The second-order valence-corrected chi connectivity index (χ2v) is 11.1. The Bertz CT molecular complexity index is 383. The van der Waals surface area contributed by atoms with Crippen molar-refractivity contribution in [1.29, 1.82) is 0 Å². The molecule has 0 fully saturated rings. The largest absolute Gasteiger partial charge is 0.206 e. The van der Waals surface area contributed by atoms with Crippen molar-refractivity contribution in [3.8, 4) is 0 Å². The minimum absolute atomic E-state index is 0.339. The van der Waals surface area contributed by atoms with Crippen molar-refractivity contribution in [3.05, 3.63) is 26.6 Å². The molecule has 0 aliphatic rings. The lowest BCUT2D eigenvalue weighted by atomic mass is 10.3. The molecule has 0 spiro atoms. The fraction of sp³-hybridized carbons (Fsp3) is 0.500. The molecule has 0 aromatic heterocycles. The van der Waals surface area contributed by atoms with E-state index >= 15 is 0 Å². The van der Waals surface area contributed by atoms with E-state index in [0.717, 1.165) is 18.1 Å². The highest BCUT2D eigenvalue weighted by molar-refractivity contribution is 9.11. The van der Waals surface area contributed by atoms with Gasteiger partial charge in [-0.1, -0.05) is 38.9 Å². The standard InChI is InChI=1S/C12H16Br2F2Si/c1-4-17(5-2,6-3)12-10(15)8(13)7-9(14)11(12)16/h7H,4-6H2,1-3H3. The van der Waals surface area contributed by atoms with Gasteiger partial charge in [0.05, 0.1) is 17.0 Å². The molecule has 0 aliphatic carbocycles. The third-order valence-electron chi connectivity index (χ3n) is 3.67. The third-order valence-corrected chi connectivity index (χ3v) is 10.4. The van der Waals surface area contributed by atoms with Crippen LogP contribution >= 0.6 is 31.9 Å². The van der Waals surface area contributed by atoms with Gasteiger partial charge in [-0.15, -0.1) is 0 Å². The van der Waals surface area contributed by atoms with Gasteiger partial charge < -0.3 is 0 Å². The summed E-state index contributed by atoms with van der Waals surface area (Å²) in [4.78, 5) is 0. The molecule has 1 aromatic carbocycles. The monoisotopic (exact) mass is 384 g/mol. The molecule has 0 radical (unpaired) electrons. The van der Waals surface area contributed by atoms with Gasteiger partial charge in [-0.2, -0.15) is 0 Å². The van der Waals surface area contributed by atoms with Crippen molar-refractivity contribution < 1.29 is 8.78 Å². The molecular formula is C12H16Br2F2Si. The average molecular weight is 386 g/mol. The number of rotatable bonds is 4. The van der Waals surface area contributed by atoms with Gasteiger partial charge >= 0.3 is 0 Å². The van der Waals surface area contributed by atoms with Crippen molar-refractivity contribution in [2.24, 2.45) is 0 Å². The summed E-state index contributed by atoms with van der Waals surface area (Å²) in [5.41, 5.74) is 0. The van der Waals surface area contributed by atoms with Gasteiger partial charge in [0, 0.05) is 5.19 Å². The van der Waals surface area contributed by atoms with Gasteiger partial charge in [0.15, 0.2) is 0 Å². The lowest BCUT2D eigenvalue weighted by Gasteiger charge is -2.30. The zero-order chi connectivity index (χ0) is 13.2. The van der Waals surface area contributed by atoms with Gasteiger partial charge in [-0.3, -0.25) is 0 Å². The van der Waals surface area contributed by atoms with E-state index in [2.05, 4.69) is 31.9 Å². The maximum Gasteiger partial charge on any atom is 0.139 e. The topological polar surface area (TPSA) is 0 Å². The third kappa shape index (κ3) is 2.66. The molecule has 17 heavy (non-hydrogen) atoms. The smallest absolute Gasteiger partial charge is 0.139 e. The summed E-state index contributed by atoms with van der Waals surface area (Å²) >= 11 is 6.32. The second-order valence-electron chi connectivity index (χ2n) is 4.18. The van der Waals surface area contributed by atoms with Gasteiger partial charge in [0.1, 0.15) is 11.6 Å². The Kier molecular flexibility index (Phi) is 5.34. The zero-order valence-corrected chi connectivity index (χ0v) is 14.4. The van der Waals surface area contributed by atoms with Gasteiger partial charge in [-0.05, 0) is 37.9 Å². The number of halogens is 4. The lowest BCUT2D eigenvalue weighted by molar-refractivity contribution is 0.586. The molecule has 0 N–H and O–H groups in total.